The van der Waals surface area contributed by atoms with E-state index in [1.54, 1.807) is 26.4 Å². The summed E-state index contributed by atoms with van der Waals surface area (Å²) >= 11 is 6.14. The Hall–Kier alpha value is -3.18. The van der Waals surface area contributed by atoms with Gasteiger partial charge in [0.15, 0.2) is 0 Å². The Balaban J connectivity index is 1.60. The number of amides is 1. The Bertz CT molecular complexity index is 1030. The van der Waals surface area contributed by atoms with Crippen LogP contribution in [-0.4, -0.2) is 31.6 Å². The Morgan fingerprint density at radius 3 is 2.13 bits per heavy atom. The fourth-order valence-electron chi connectivity index (χ4n) is 3.60. The molecule has 0 aliphatic carbocycles. The second-order valence-corrected chi connectivity index (χ2v) is 7.45. The zero-order chi connectivity index (χ0) is 21.1. The average Bonchev–Trinajstić information content (AvgIpc) is 3.10. The third-order valence-corrected chi connectivity index (χ3v) is 5.48. The molecule has 3 aromatic rings. The van der Waals surface area contributed by atoms with E-state index in [0.717, 1.165) is 22.6 Å². The molecule has 1 heterocycles. The fourth-order valence-corrected chi connectivity index (χ4v) is 3.80. The van der Waals surface area contributed by atoms with Crippen molar-refractivity contribution >= 4 is 17.5 Å². The average molecular weight is 424 g/mol. The van der Waals surface area contributed by atoms with Gasteiger partial charge in [-0.25, -0.2) is 0 Å². The van der Waals surface area contributed by atoms with Crippen LogP contribution in [0, 0.1) is 0 Å². The van der Waals surface area contributed by atoms with Gasteiger partial charge in [-0.05, 0) is 65.7 Å². The number of nitrogens with zero attached hydrogens (tertiary/aromatic N) is 1. The molecule has 30 heavy (non-hydrogen) atoms. The lowest BCUT2D eigenvalue weighted by Crippen LogP contribution is -2.33. The summed E-state index contributed by atoms with van der Waals surface area (Å²) in [4.78, 5) is 15.0. The number of fused-ring (bicyclic) bond motifs is 1. The summed E-state index contributed by atoms with van der Waals surface area (Å²) in [6.45, 7) is 0.795. The molecule has 4 rings (SSSR count). The number of hydrogen-bond acceptors (Lipinski definition) is 4. The molecule has 1 aliphatic heterocycles. The Labute approximate surface area is 180 Å². The maximum atomic E-state index is 13.1. The third kappa shape index (κ3) is 4.07. The Kier molecular flexibility index (Phi) is 5.81. The van der Waals surface area contributed by atoms with E-state index in [9.17, 15) is 4.79 Å². The quantitative estimate of drug-likeness (QED) is 0.528. The lowest BCUT2D eigenvalue weighted by molar-refractivity contribution is 0.0635. The molecule has 0 saturated heterocycles. The molecule has 6 heteroatoms. The van der Waals surface area contributed by atoms with Gasteiger partial charge in [0.1, 0.15) is 23.9 Å². The monoisotopic (exact) mass is 423 g/mol. The molecule has 1 atom stereocenters. The van der Waals surface area contributed by atoms with Gasteiger partial charge >= 0.3 is 0 Å². The summed E-state index contributed by atoms with van der Waals surface area (Å²) in [7, 11) is 3.25. The molecule has 1 unspecified atom stereocenters. The first-order valence-corrected chi connectivity index (χ1v) is 9.97. The molecule has 0 aromatic heterocycles. The highest BCUT2D eigenvalue weighted by Gasteiger charge is 2.34. The van der Waals surface area contributed by atoms with Gasteiger partial charge in [0, 0.05) is 17.1 Å². The van der Waals surface area contributed by atoms with Crippen LogP contribution in [0.2, 0.25) is 5.02 Å². The maximum absolute atomic E-state index is 13.1. The predicted octanol–water partition coefficient (Wildman–Crippen LogP) is 5.13. The number of carbonyl (C=O) groups is 1. The van der Waals surface area contributed by atoms with Crippen LogP contribution >= 0.6 is 11.6 Å². The third-order valence-electron chi connectivity index (χ3n) is 5.24. The lowest BCUT2D eigenvalue weighted by atomic mass is 10.1. The number of hydrogen-bond donors (Lipinski definition) is 0. The van der Waals surface area contributed by atoms with Gasteiger partial charge in [0.2, 0.25) is 0 Å². The number of carbonyl (C=O) groups excluding carboxylic acids is 1. The van der Waals surface area contributed by atoms with Crippen LogP contribution in [0.4, 0.5) is 0 Å². The first-order chi connectivity index (χ1) is 14.6. The zero-order valence-electron chi connectivity index (χ0n) is 16.8. The van der Waals surface area contributed by atoms with Gasteiger partial charge in [0.25, 0.3) is 5.91 Å². The maximum Gasteiger partial charge on any atom is 0.255 e. The molecule has 1 aliphatic rings. The summed E-state index contributed by atoms with van der Waals surface area (Å²) in [5.41, 5.74) is 2.58. The van der Waals surface area contributed by atoms with Crippen molar-refractivity contribution in [3.8, 4) is 17.2 Å². The van der Waals surface area contributed by atoms with Crippen LogP contribution in [0.3, 0.4) is 0 Å². The molecule has 5 nitrogen and oxygen atoms in total. The van der Waals surface area contributed by atoms with Crippen molar-refractivity contribution in [1.82, 2.24) is 4.90 Å². The minimum absolute atomic E-state index is 0.0270. The van der Waals surface area contributed by atoms with E-state index in [4.69, 9.17) is 25.8 Å². The molecular weight excluding hydrogens is 402 g/mol. The van der Waals surface area contributed by atoms with Crippen molar-refractivity contribution < 1.29 is 19.0 Å². The smallest absolute Gasteiger partial charge is 0.255 e. The number of ether oxygens (including phenoxy) is 3. The zero-order valence-corrected chi connectivity index (χ0v) is 17.6. The van der Waals surface area contributed by atoms with Crippen molar-refractivity contribution in [3.05, 3.63) is 88.4 Å². The molecule has 0 bridgehead atoms. The molecule has 0 fully saturated rings. The van der Waals surface area contributed by atoms with Crippen LogP contribution in [0.25, 0.3) is 0 Å². The van der Waals surface area contributed by atoms with Crippen LogP contribution in [0.15, 0.2) is 66.7 Å². The van der Waals surface area contributed by atoms with Crippen molar-refractivity contribution in [1.29, 1.82) is 0 Å². The first kappa shape index (κ1) is 20.1. The van der Waals surface area contributed by atoms with E-state index < -0.39 is 0 Å². The Morgan fingerprint density at radius 2 is 1.50 bits per heavy atom. The number of benzene rings is 3. The second-order valence-electron chi connectivity index (χ2n) is 7.01. The largest absolute Gasteiger partial charge is 0.497 e. The van der Waals surface area contributed by atoms with E-state index in [-0.39, 0.29) is 11.9 Å². The fraction of sp³-hybridized carbons (Fsp3) is 0.208. The van der Waals surface area contributed by atoms with Crippen LogP contribution in [0.5, 0.6) is 17.2 Å². The number of rotatable bonds is 7. The van der Waals surface area contributed by atoms with E-state index in [1.165, 1.54) is 0 Å². The summed E-state index contributed by atoms with van der Waals surface area (Å²) in [6.07, 6.45) is 0. The van der Waals surface area contributed by atoms with E-state index >= 15 is 0 Å². The Morgan fingerprint density at radius 1 is 0.900 bits per heavy atom. The standard InChI is InChI=1S/C24H22ClNO4/c1-28-19-6-3-16(4-7-19)23(15-30-21-10-8-20(29-2)9-11-21)26-14-17-13-18(25)5-12-22(17)24(26)27/h3-13,23H,14-15H2,1-2H3. The van der Waals surface area contributed by atoms with E-state index in [1.807, 2.05) is 59.5 Å². The van der Waals surface area contributed by atoms with Crippen molar-refractivity contribution in [2.24, 2.45) is 0 Å². The highest BCUT2D eigenvalue weighted by Crippen LogP contribution is 2.34. The summed E-state index contributed by atoms with van der Waals surface area (Å²) in [5.74, 6) is 2.20. The van der Waals surface area contributed by atoms with Gasteiger partial charge in [-0.2, -0.15) is 0 Å². The molecule has 3 aromatic carbocycles. The van der Waals surface area contributed by atoms with Gasteiger partial charge in [0.05, 0.1) is 20.3 Å². The summed E-state index contributed by atoms with van der Waals surface area (Å²) in [5, 5.41) is 0.624. The molecule has 0 N–H and O–H groups in total. The van der Waals surface area contributed by atoms with E-state index in [2.05, 4.69) is 0 Å². The second kappa shape index (κ2) is 8.67. The van der Waals surface area contributed by atoms with Crippen LogP contribution in [-0.2, 0) is 6.54 Å². The van der Waals surface area contributed by atoms with Gasteiger partial charge in [-0.3, -0.25) is 4.79 Å². The summed E-state index contributed by atoms with van der Waals surface area (Å²) < 4.78 is 16.5. The number of halogens is 1. The highest BCUT2D eigenvalue weighted by molar-refractivity contribution is 6.30. The number of methoxy groups -OCH3 is 2. The highest BCUT2D eigenvalue weighted by atomic mass is 35.5. The van der Waals surface area contributed by atoms with Gasteiger partial charge in [-0.1, -0.05) is 23.7 Å². The molecule has 154 valence electrons. The van der Waals surface area contributed by atoms with Crippen molar-refractivity contribution in [3.63, 3.8) is 0 Å². The predicted molar refractivity (Wildman–Crippen MR) is 116 cm³/mol. The van der Waals surface area contributed by atoms with Crippen LogP contribution in [0.1, 0.15) is 27.5 Å². The van der Waals surface area contributed by atoms with Crippen molar-refractivity contribution in [2.45, 2.75) is 12.6 Å². The molecular formula is C24H22ClNO4. The van der Waals surface area contributed by atoms with Crippen molar-refractivity contribution in [2.75, 3.05) is 20.8 Å². The minimum atomic E-state index is -0.267. The molecule has 0 saturated carbocycles. The topological polar surface area (TPSA) is 48.0 Å². The van der Waals surface area contributed by atoms with Gasteiger partial charge in [-0.15, -0.1) is 0 Å². The lowest BCUT2D eigenvalue weighted by Gasteiger charge is -2.28. The normalized spacial score (nSPS) is 13.7. The minimum Gasteiger partial charge on any atom is -0.497 e. The first-order valence-electron chi connectivity index (χ1n) is 9.59. The summed E-state index contributed by atoms with van der Waals surface area (Å²) in [6, 6.07) is 20.2. The van der Waals surface area contributed by atoms with Crippen LogP contribution < -0.4 is 14.2 Å². The van der Waals surface area contributed by atoms with E-state index in [0.29, 0.717) is 29.5 Å². The molecule has 0 spiro atoms. The van der Waals surface area contributed by atoms with Gasteiger partial charge < -0.3 is 19.1 Å². The SMILES string of the molecule is COc1ccc(OCC(c2ccc(OC)cc2)N2Cc3cc(Cl)ccc3C2=O)cc1. The molecule has 1 amide bonds. The molecule has 0 radical (unpaired) electrons.